The number of nitrogens with zero attached hydrogens (tertiary/aromatic N) is 3. The van der Waals surface area contributed by atoms with E-state index in [1.807, 2.05) is 0 Å². The summed E-state index contributed by atoms with van der Waals surface area (Å²) in [5.41, 5.74) is 3.07. The summed E-state index contributed by atoms with van der Waals surface area (Å²) in [7, 11) is 8.54. The summed E-state index contributed by atoms with van der Waals surface area (Å²) in [5, 5.41) is 2.22. The largest absolute Gasteiger partial charge is 0.306 e. The van der Waals surface area contributed by atoms with Crippen LogP contribution in [0.3, 0.4) is 0 Å². The van der Waals surface area contributed by atoms with Gasteiger partial charge in [-0.15, -0.1) is 5.59 Å². The average molecular weight is 258 g/mol. The van der Waals surface area contributed by atoms with E-state index in [1.54, 1.807) is 0 Å². The first-order chi connectivity index (χ1) is 8.51. The Bertz CT molecular complexity index is 213. The lowest BCUT2D eigenvalue weighted by atomic mass is 9.96. The van der Waals surface area contributed by atoms with Gasteiger partial charge < -0.3 is 4.90 Å². The second-order valence-electron chi connectivity index (χ2n) is 5.61. The average Bonchev–Trinajstić information content (AvgIpc) is 2.30. The smallest absolute Gasteiger partial charge is 0.0772 e. The van der Waals surface area contributed by atoms with E-state index in [2.05, 4.69) is 62.4 Å². The van der Waals surface area contributed by atoms with Gasteiger partial charge in [-0.3, -0.25) is 9.74 Å². The van der Waals surface area contributed by atoms with Crippen LogP contribution in [-0.2, 0) is 4.84 Å². The van der Waals surface area contributed by atoms with E-state index in [9.17, 15) is 0 Å². The minimum Gasteiger partial charge on any atom is -0.306 e. The van der Waals surface area contributed by atoms with Gasteiger partial charge in [0.2, 0.25) is 0 Å². The van der Waals surface area contributed by atoms with Gasteiger partial charge in [-0.05, 0) is 41.0 Å². The lowest BCUT2D eigenvalue weighted by molar-refractivity contribution is -0.187. The highest BCUT2D eigenvalue weighted by Gasteiger charge is 2.31. The molecule has 0 amide bonds. The van der Waals surface area contributed by atoms with Gasteiger partial charge in [0.05, 0.1) is 12.8 Å². The predicted octanol–water partition coefficient (Wildman–Crippen LogP) is 0.992. The summed E-state index contributed by atoms with van der Waals surface area (Å²) in [6.45, 7) is 6.28. The number of hydrogen-bond acceptors (Lipinski definition) is 5. The quantitative estimate of drug-likeness (QED) is 0.768. The van der Waals surface area contributed by atoms with E-state index in [4.69, 9.17) is 4.84 Å². The van der Waals surface area contributed by atoms with Crippen LogP contribution in [0.1, 0.15) is 26.7 Å². The van der Waals surface area contributed by atoms with Crippen LogP contribution < -0.4 is 5.59 Å². The van der Waals surface area contributed by atoms with E-state index in [1.165, 1.54) is 0 Å². The van der Waals surface area contributed by atoms with Gasteiger partial charge in [0.25, 0.3) is 0 Å². The first kappa shape index (κ1) is 15.9. The molecule has 0 bridgehead atoms. The highest BCUT2D eigenvalue weighted by Crippen LogP contribution is 2.19. The molecule has 5 nitrogen and oxygen atoms in total. The lowest BCUT2D eigenvalue weighted by Crippen LogP contribution is -2.59. The third-order valence-electron chi connectivity index (χ3n) is 3.86. The molecule has 0 spiro atoms. The molecule has 5 heteroatoms. The molecule has 1 saturated heterocycles. The van der Waals surface area contributed by atoms with Crippen molar-refractivity contribution in [2.24, 2.45) is 5.92 Å². The van der Waals surface area contributed by atoms with E-state index in [0.29, 0.717) is 18.1 Å². The molecule has 3 atom stereocenters. The lowest BCUT2D eigenvalue weighted by Gasteiger charge is -2.43. The van der Waals surface area contributed by atoms with Gasteiger partial charge in [0.1, 0.15) is 0 Å². The first-order valence-electron chi connectivity index (χ1n) is 6.98. The fourth-order valence-corrected chi connectivity index (χ4v) is 2.97. The molecule has 1 fully saturated rings. The van der Waals surface area contributed by atoms with Crippen LogP contribution in [0.4, 0.5) is 0 Å². The number of rotatable bonds is 6. The molecule has 0 aliphatic carbocycles. The van der Waals surface area contributed by atoms with Crippen molar-refractivity contribution in [2.45, 2.75) is 38.9 Å². The zero-order valence-electron chi connectivity index (χ0n) is 12.8. The van der Waals surface area contributed by atoms with Crippen molar-refractivity contribution in [1.29, 1.82) is 0 Å². The molecule has 18 heavy (non-hydrogen) atoms. The zero-order valence-corrected chi connectivity index (χ0v) is 12.8. The Morgan fingerprint density at radius 1 is 1.17 bits per heavy atom. The van der Waals surface area contributed by atoms with Gasteiger partial charge in [0.15, 0.2) is 0 Å². The molecule has 0 radical (unpaired) electrons. The topological polar surface area (TPSA) is 31.0 Å². The maximum absolute atomic E-state index is 5.58. The van der Waals surface area contributed by atoms with Gasteiger partial charge in [-0.1, -0.05) is 13.8 Å². The zero-order chi connectivity index (χ0) is 13.7. The van der Waals surface area contributed by atoms with Crippen molar-refractivity contribution in [3.05, 3.63) is 0 Å². The molecule has 3 unspecified atom stereocenters. The Balaban J connectivity index is 2.64. The fourth-order valence-electron chi connectivity index (χ4n) is 2.97. The standard InChI is InChI=1S/C13H30N4O/c1-7-12(15(3)4)11-9-17(14-18-10-11)13(8-2)16(5)6/h11-14H,7-10H2,1-6H3. The Morgan fingerprint density at radius 2 is 1.83 bits per heavy atom. The summed E-state index contributed by atoms with van der Waals surface area (Å²) >= 11 is 0. The van der Waals surface area contributed by atoms with Crippen molar-refractivity contribution in [2.75, 3.05) is 41.3 Å². The van der Waals surface area contributed by atoms with Gasteiger partial charge in [-0.25, -0.2) is 5.01 Å². The monoisotopic (exact) mass is 258 g/mol. The van der Waals surface area contributed by atoms with Crippen LogP contribution in [0.5, 0.6) is 0 Å². The number of hydrogen-bond donors (Lipinski definition) is 1. The van der Waals surface area contributed by atoms with Crippen molar-refractivity contribution in [3.63, 3.8) is 0 Å². The fraction of sp³-hybridized carbons (Fsp3) is 1.00. The third kappa shape index (κ3) is 3.90. The molecule has 0 aromatic carbocycles. The minimum atomic E-state index is 0.382. The summed E-state index contributed by atoms with van der Waals surface area (Å²) in [5.74, 6) is 0.556. The second-order valence-corrected chi connectivity index (χ2v) is 5.61. The molecule has 1 rings (SSSR count). The maximum atomic E-state index is 5.58. The minimum absolute atomic E-state index is 0.382. The van der Waals surface area contributed by atoms with Gasteiger partial charge >= 0.3 is 0 Å². The second kappa shape index (κ2) is 7.40. The molecule has 108 valence electrons. The van der Waals surface area contributed by atoms with Crippen LogP contribution in [0, 0.1) is 5.92 Å². The van der Waals surface area contributed by atoms with Crippen LogP contribution in [0.25, 0.3) is 0 Å². The van der Waals surface area contributed by atoms with Crippen molar-refractivity contribution < 1.29 is 4.84 Å². The van der Waals surface area contributed by atoms with Crippen LogP contribution in [0.2, 0.25) is 0 Å². The van der Waals surface area contributed by atoms with E-state index in [-0.39, 0.29) is 0 Å². The molecular weight excluding hydrogens is 228 g/mol. The van der Waals surface area contributed by atoms with Crippen LogP contribution in [0.15, 0.2) is 0 Å². The summed E-state index contributed by atoms with van der Waals surface area (Å²) in [6, 6.07) is 0.578. The molecule has 0 saturated carbocycles. The van der Waals surface area contributed by atoms with E-state index in [0.717, 1.165) is 26.0 Å². The number of nitrogens with one attached hydrogen (secondary N) is 1. The Morgan fingerprint density at radius 3 is 2.28 bits per heavy atom. The first-order valence-corrected chi connectivity index (χ1v) is 6.98. The highest BCUT2D eigenvalue weighted by molar-refractivity contribution is 4.80. The highest BCUT2D eigenvalue weighted by atomic mass is 16.7. The summed E-state index contributed by atoms with van der Waals surface area (Å²) < 4.78 is 0. The van der Waals surface area contributed by atoms with Crippen LogP contribution >= 0.6 is 0 Å². The molecule has 1 aliphatic heterocycles. The number of hydrazine groups is 1. The Labute approximate surface area is 112 Å². The summed E-state index contributed by atoms with van der Waals surface area (Å²) in [6.07, 6.45) is 2.62. The summed E-state index contributed by atoms with van der Waals surface area (Å²) in [4.78, 5) is 10.1. The predicted molar refractivity (Wildman–Crippen MR) is 74.8 cm³/mol. The Hall–Kier alpha value is -0.200. The maximum Gasteiger partial charge on any atom is 0.0772 e. The molecule has 0 aromatic heterocycles. The normalized spacial score (nSPS) is 25.7. The van der Waals surface area contributed by atoms with Crippen molar-refractivity contribution in [1.82, 2.24) is 20.4 Å². The van der Waals surface area contributed by atoms with Crippen LogP contribution in [-0.4, -0.2) is 68.4 Å². The molecular formula is C13H30N4O. The molecule has 1 N–H and O–H groups in total. The Kier molecular flexibility index (Phi) is 6.52. The van der Waals surface area contributed by atoms with Crippen molar-refractivity contribution >= 4 is 0 Å². The SMILES string of the molecule is CCC(C1CONN(C(CC)N(C)C)C1)N(C)C. The molecule has 1 aliphatic rings. The van der Waals surface area contributed by atoms with E-state index < -0.39 is 0 Å². The van der Waals surface area contributed by atoms with Crippen molar-refractivity contribution in [3.8, 4) is 0 Å². The molecule has 1 heterocycles. The van der Waals surface area contributed by atoms with Gasteiger partial charge in [-0.2, -0.15) is 0 Å². The third-order valence-corrected chi connectivity index (χ3v) is 3.86. The van der Waals surface area contributed by atoms with E-state index >= 15 is 0 Å². The van der Waals surface area contributed by atoms with Gasteiger partial charge in [0, 0.05) is 18.5 Å². The molecule has 0 aromatic rings.